The number of amides is 3. The lowest BCUT2D eigenvalue weighted by atomic mass is 9.94. The van der Waals surface area contributed by atoms with Gasteiger partial charge in [0.05, 0.1) is 0 Å². The summed E-state index contributed by atoms with van der Waals surface area (Å²) in [6.45, 7) is 10.7. The first-order valence-electron chi connectivity index (χ1n) is 11.7. The van der Waals surface area contributed by atoms with Crippen LogP contribution < -0.4 is 16.0 Å². The van der Waals surface area contributed by atoms with Crippen LogP contribution in [0.5, 0.6) is 0 Å². The Labute approximate surface area is 186 Å². The molecule has 2 saturated heterocycles. The molecule has 2 atom stereocenters. The van der Waals surface area contributed by atoms with Gasteiger partial charge < -0.3 is 20.7 Å². The quantitative estimate of drug-likeness (QED) is 0.591. The van der Waals surface area contributed by atoms with Crippen molar-refractivity contribution < 1.29 is 14.3 Å². The van der Waals surface area contributed by atoms with Crippen molar-refractivity contribution in [1.82, 2.24) is 15.5 Å². The molecule has 2 aliphatic heterocycles. The predicted octanol–water partition coefficient (Wildman–Crippen LogP) is 3.36. The van der Waals surface area contributed by atoms with Crippen molar-refractivity contribution in [3.8, 4) is 0 Å². The van der Waals surface area contributed by atoms with Gasteiger partial charge in [-0.15, -0.1) is 0 Å². The third-order valence-corrected chi connectivity index (χ3v) is 6.40. The van der Waals surface area contributed by atoms with E-state index in [1.165, 1.54) is 12.8 Å². The molecule has 3 N–H and O–H groups in total. The number of nitrogens with zero attached hydrogens (tertiary/aromatic N) is 1. The number of rotatable bonds is 8. The highest BCUT2D eigenvalue weighted by Gasteiger charge is 2.26. The van der Waals surface area contributed by atoms with Gasteiger partial charge in [0.2, 0.25) is 0 Å². The molecule has 0 bridgehead atoms. The molecule has 0 saturated carbocycles. The molecular weight excluding hydrogens is 392 g/mol. The fraction of sp³-hybridized carbons (Fsp3) is 0.667. The van der Waals surface area contributed by atoms with Crippen LogP contribution in [0.1, 0.15) is 52.0 Å². The van der Waals surface area contributed by atoms with E-state index < -0.39 is 0 Å². The van der Waals surface area contributed by atoms with Crippen LogP contribution in [0.15, 0.2) is 24.3 Å². The second-order valence-electron chi connectivity index (χ2n) is 9.28. The molecule has 1 aromatic carbocycles. The number of ether oxygens (including phenoxy) is 1. The summed E-state index contributed by atoms with van der Waals surface area (Å²) in [6, 6.07) is 7.75. The molecule has 0 spiro atoms. The van der Waals surface area contributed by atoms with Crippen LogP contribution >= 0.6 is 0 Å². The number of carbonyl (C=O) groups is 2. The van der Waals surface area contributed by atoms with Crippen molar-refractivity contribution in [1.29, 1.82) is 0 Å². The first-order chi connectivity index (χ1) is 14.9. The highest BCUT2D eigenvalue weighted by molar-refractivity contribution is 5.94. The monoisotopic (exact) mass is 430 g/mol. The number of anilines is 1. The van der Waals surface area contributed by atoms with Crippen LogP contribution in [0, 0.1) is 11.8 Å². The summed E-state index contributed by atoms with van der Waals surface area (Å²) in [5.74, 6) is 1.18. The third kappa shape index (κ3) is 7.21. The van der Waals surface area contributed by atoms with Crippen LogP contribution in [0.2, 0.25) is 0 Å². The van der Waals surface area contributed by atoms with E-state index in [0.717, 1.165) is 43.1 Å². The maximum atomic E-state index is 12.4. The Morgan fingerprint density at radius 1 is 1.16 bits per heavy atom. The van der Waals surface area contributed by atoms with E-state index in [4.69, 9.17) is 4.74 Å². The predicted molar refractivity (Wildman–Crippen MR) is 123 cm³/mol. The Hall–Kier alpha value is -2.12. The van der Waals surface area contributed by atoms with E-state index in [-0.39, 0.29) is 18.0 Å². The highest BCUT2D eigenvalue weighted by atomic mass is 16.5. The lowest BCUT2D eigenvalue weighted by Gasteiger charge is -2.38. The summed E-state index contributed by atoms with van der Waals surface area (Å²) in [5.41, 5.74) is 1.66. The summed E-state index contributed by atoms with van der Waals surface area (Å²) in [7, 11) is 0. The number of hydrogen-bond donors (Lipinski definition) is 3. The second kappa shape index (κ2) is 11.5. The van der Waals surface area contributed by atoms with Crippen molar-refractivity contribution >= 4 is 17.6 Å². The molecule has 7 heteroatoms. The molecule has 1 aromatic rings. The maximum absolute atomic E-state index is 12.4. The number of benzene rings is 1. The average Bonchev–Trinajstić information content (AvgIpc) is 3.29. The van der Waals surface area contributed by atoms with Gasteiger partial charge in [0.1, 0.15) is 6.10 Å². The van der Waals surface area contributed by atoms with Gasteiger partial charge in [-0.05, 0) is 68.3 Å². The number of urea groups is 1. The SMILES string of the molecule is CC1CCN(C(CNC(=O)NCc2cccc(NC(=O)C3CCCO3)c2)C(C)C)CC1. The van der Waals surface area contributed by atoms with Gasteiger partial charge in [-0.1, -0.05) is 32.9 Å². The molecule has 2 fully saturated rings. The molecule has 172 valence electrons. The molecule has 2 unspecified atom stereocenters. The Morgan fingerprint density at radius 2 is 1.94 bits per heavy atom. The van der Waals surface area contributed by atoms with E-state index in [0.29, 0.717) is 31.7 Å². The number of hydrogen-bond acceptors (Lipinski definition) is 4. The molecule has 2 aliphatic rings. The third-order valence-electron chi connectivity index (χ3n) is 6.40. The lowest BCUT2D eigenvalue weighted by Crippen LogP contribution is -2.51. The molecule has 7 nitrogen and oxygen atoms in total. The van der Waals surface area contributed by atoms with E-state index in [2.05, 4.69) is 41.6 Å². The lowest BCUT2D eigenvalue weighted by molar-refractivity contribution is -0.124. The van der Waals surface area contributed by atoms with Crippen LogP contribution in [0.25, 0.3) is 0 Å². The van der Waals surface area contributed by atoms with Gasteiger partial charge in [0.25, 0.3) is 5.91 Å². The van der Waals surface area contributed by atoms with E-state index >= 15 is 0 Å². The minimum Gasteiger partial charge on any atom is -0.368 e. The summed E-state index contributed by atoms with van der Waals surface area (Å²) in [4.78, 5) is 27.1. The Bertz CT molecular complexity index is 725. The number of nitrogens with one attached hydrogen (secondary N) is 3. The van der Waals surface area contributed by atoms with Gasteiger partial charge >= 0.3 is 6.03 Å². The molecular formula is C24H38N4O3. The van der Waals surface area contributed by atoms with Crippen LogP contribution in [-0.4, -0.2) is 55.2 Å². The topological polar surface area (TPSA) is 82.7 Å². The molecule has 3 rings (SSSR count). The zero-order valence-corrected chi connectivity index (χ0v) is 19.2. The van der Waals surface area contributed by atoms with Crippen molar-refractivity contribution in [3.05, 3.63) is 29.8 Å². The summed E-state index contributed by atoms with van der Waals surface area (Å²) in [6.07, 6.45) is 3.79. The maximum Gasteiger partial charge on any atom is 0.315 e. The normalized spacial score (nSPS) is 21.1. The fourth-order valence-corrected chi connectivity index (χ4v) is 4.35. The largest absolute Gasteiger partial charge is 0.368 e. The van der Waals surface area contributed by atoms with Crippen molar-refractivity contribution in [3.63, 3.8) is 0 Å². The molecule has 31 heavy (non-hydrogen) atoms. The summed E-state index contributed by atoms with van der Waals surface area (Å²) in [5, 5.41) is 8.89. The number of piperidine rings is 1. The molecule has 0 aliphatic carbocycles. The number of carbonyl (C=O) groups excluding carboxylic acids is 2. The van der Waals surface area contributed by atoms with Gasteiger partial charge in [-0.2, -0.15) is 0 Å². The van der Waals surface area contributed by atoms with Gasteiger partial charge in [0, 0.05) is 31.4 Å². The van der Waals surface area contributed by atoms with E-state index in [1.807, 2.05) is 24.3 Å². The minimum atomic E-state index is -0.357. The fourth-order valence-electron chi connectivity index (χ4n) is 4.35. The van der Waals surface area contributed by atoms with Gasteiger partial charge in [0.15, 0.2) is 0 Å². The van der Waals surface area contributed by atoms with Crippen LogP contribution in [-0.2, 0) is 16.1 Å². The Morgan fingerprint density at radius 3 is 2.61 bits per heavy atom. The number of likely N-dealkylation sites (tertiary alicyclic amines) is 1. The van der Waals surface area contributed by atoms with Crippen LogP contribution in [0.4, 0.5) is 10.5 Å². The zero-order valence-electron chi connectivity index (χ0n) is 19.2. The molecule has 3 amide bonds. The zero-order chi connectivity index (χ0) is 22.2. The Kier molecular flexibility index (Phi) is 8.72. The first-order valence-corrected chi connectivity index (χ1v) is 11.7. The van der Waals surface area contributed by atoms with Crippen LogP contribution in [0.3, 0.4) is 0 Å². The van der Waals surface area contributed by atoms with Gasteiger partial charge in [-0.25, -0.2) is 4.79 Å². The average molecular weight is 431 g/mol. The summed E-state index contributed by atoms with van der Waals surface area (Å²) < 4.78 is 5.43. The van der Waals surface area contributed by atoms with Gasteiger partial charge in [-0.3, -0.25) is 9.69 Å². The molecule has 0 aromatic heterocycles. The smallest absolute Gasteiger partial charge is 0.315 e. The Balaban J connectivity index is 1.44. The van der Waals surface area contributed by atoms with E-state index in [1.54, 1.807) is 0 Å². The first kappa shape index (κ1) is 23.5. The minimum absolute atomic E-state index is 0.104. The van der Waals surface area contributed by atoms with Crippen molar-refractivity contribution in [2.45, 2.75) is 65.1 Å². The van der Waals surface area contributed by atoms with E-state index in [9.17, 15) is 9.59 Å². The van der Waals surface area contributed by atoms with Crippen molar-refractivity contribution in [2.24, 2.45) is 11.8 Å². The molecule has 0 radical (unpaired) electrons. The van der Waals surface area contributed by atoms with Crippen molar-refractivity contribution in [2.75, 3.05) is 31.6 Å². The molecule has 2 heterocycles. The standard InChI is InChI=1S/C24H38N4O3/c1-17(2)21(28-11-9-18(3)10-12-28)16-26-24(30)25-15-19-6-4-7-20(14-19)27-23(29)22-8-5-13-31-22/h4,6-7,14,17-18,21-22H,5,8-13,15-16H2,1-3H3,(H,27,29)(H2,25,26,30). The highest BCUT2D eigenvalue weighted by Crippen LogP contribution is 2.21. The second-order valence-corrected chi connectivity index (χ2v) is 9.28. The summed E-state index contributed by atoms with van der Waals surface area (Å²) >= 11 is 0.